The lowest BCUT2D eigenvalue weighted by Crippen LogP contribution is -2.38. The van der Waals surface area contributed by atoms with Gasteiger partial charge in [-0.05, 0) is 29.8 Å². The molecule has 0 saturated carbocycles. The van der Waals surface area contributed by atoms with Crippen molar-refractivity contribution in [3.8, 4) is 22.4 Å². The van der Waals surface area contributed by atoms with E-state index in [0.29, 0.717) is 22.4 Å². The highest BCUT2D eigenvalue weighted by atomic mass is 19.4. The Morgan fingerprint density at radius 1 is 1.17 bits per heavy atom. The number of benzene rings is 1. The number of hydrogen-bond acceptors (Lipinski definition) is 3. The van der Waals surface area contributed by atoms with Crippen molar-refractivity contribution in [3.05, 3.63) is 59.7 Å². The first kappa shape index (κ1) is 19.9. The van der Waals surface area contributed by atoms with E-state index in [1.165, 1.54) is 42.4 Å². The molecule has 1 atom stereocenters. The highest BCUT2D eigenvalue weighted by Crippen LogP contribution is 2.44. The van der Waals surface area contributed by atoms with Crippen molar-refractivity contribution in [1.82, 2.24) is 14.9 Å². The van der Waals surface area contributed by atoms with E-state index in [1.807, 2.05) is 0 Å². The number of nitrogens with one attached hydrogen (secondary N) is 1. The molecule has 9 heteroatoms. The van der Waals surface area contributed by atoms with E-state index in [0.717, 1.165) is 0 Å². The number of anilines is 1. The van der Waals surface area contributed by atoms with E-state index in [4.69, 9.17) is 5.73 Å². The second kappa shape index (κ2) is 7.16. The molecule has 3 heterocycles. The molecule has 0 fully saturated rings. The van der Waals surface area contributed by atoms with Gasteiger partial charge in [0.05, 0.1) is 17.7 Å². The van der Waals surface area contributed by atoms with Crippen molar-refractivity contribution < 1.29 is 22.4 Å². The molecule has 156 valence electrons. The van der Waals surface area contributed by atoms with E-state index >= 15 is 0 Å². The highest BCUT2D eigenvalue weighted by Gasteiger charge is 2.41. The number of alkyl halides is 3. The summed E-state index contributed by atoms with van der Waals surface area (Å²) in [5.74, 6) is -1.58. The minimum Gasteiger partial charge on any atom is -0.384 e. The predicted molar refractivity (Wildman–Crippen MR) is 104 cm³/mol. The zero-order valence-electron chi connectivity index (χ0n) is 15.9. The quantitative estimate of drug-likeness (QED) is 0.611. The summed E-state index contributed by atoms with van der Waals surface area (Å²) in [5, 5.41) is 0. The van der Waals surface area contributed by atoms with E-state index < -0.39 is 30.2 Å². The molecule has 3 N–H and O–H groups in total. The van der Waals surface area contributed by atoms with Crippen LogP contribution in [0.1, 0.15) is 28.4 Å². The van der Waals surface area contributed by atoms with Gasteiger partial charge in [0.15, 0.2) is 0 Å². The number of likely N-dealkylation sites (N-methyl/N-ethyl adjacent to an activating group) is 1. The van der Waals surface area contributed by atoms with Gasteiger partial charge in [-0.25, -0.2) is 9.37 Å². The van der Waals surface area contributed by atoms with Gasteiger partial charge in [0, 0.05) is 42.5 Å². The SMILES string of the molecule is CN1CC(CC(F)(F)F)c2[nH]c(-c3ccnc(N)c3)c(-c3ccc(F)cc3)c2C1=O. The van der Waals surface area contributed by atoms with Gasteiger partial charge in [-0.2, -0.15) is 13.2 Å². The van der Waals surface area contributed by atoms with Gasteiger partial charge in [-0.3, -0.25) is 4.79 Å². The molecule has 0 aliphatic carbocycles. The number of nitrogens with two attached hydrogens (primary N) is 1. The number of amides is 1. The minimum absolute atomic E-state index is 0.0629. The molecule has 1 aliphatic heterocycles. The van der Waals surface area contributed by atoms with Gasteiger partial charge in [0.25, 0.3) is 5.91 Å². The fourth-order valence-electron chi connectivity index (χ4n) is 3.91. The first-order valence-corrected chi connectivity index (χ1v) is 9.20. The fraction of sp³-hybridized carbons (Fsp3) is 0.238. The van der Waals surface area contributed by atoms with E-state index in [-0.39, 0.29) is 23.6 Å². The van der Waals surface area contributed by atoms with Crippen molar-refractivity contribution in [1.29, 1.82) is 0 Å². The Hall–Kier alpha value is -3.36. The minimum atomic E-state index is -4.40. The molecule has 1 aromatic carbocycles. The van der Waals surface area contributed by atoms with Crippen LogP contribution in [-0.4, -0.2) is 40.5 Å². The zero-order chi connectivity index (χ0) is 21.6. The van der Waals surface area contributed by atoms with E-state index in [1.54, 1.807) is 12.1 Å². The second-order valence-electron chi connectivity index (χ2n) is 7.34. The number of fused-ring (bicyclic) bond motifs is 1. The molecule has 0 radical (unpaired) electrons. The van der Waals surface area contributed by atoms with E-state index in [9.17, 15) is 22.4 Å². The third-order valence-corrected chi connectivity index (χ3v) is 5.17. The number of nitrogens with zero attached hydrogens (tertiary/aromatic N) is 2. The number of rotatable bonds is 3. The number of carbonyl (C=O) groups excluding carboxylic acids is 1. The molecule has 0 spiro atoms. The number of aromatic nitrogens is 2. The van der Waals surface area contributed by atoms with Gasteiger partial charge >= 0.3 is 6.18 Å². The van der Waals surface area contributed by atoms with Crippen LogP contribution >= 0.6 is 0 Å². The molecule has 3 aromatic rings. The number of H-pyrrole nitrogens is 1. The molecule has 1 amide bonds. The topological polar surface area (TPSA) is 75.0 Å². The maximum absolute atomic E-state index is 13.5. The molecule has 1 unspecified atom stereocenters. The molecule has 1 aliphatic rings. The summed E-state index contributed by atoms with van der Waals surface area (Å²) in [6, 6.07) is 8.68. The van der Waals surface area contributed by atoms with Crippen LogP contribution in [0.25, 0.3) is 22.4 Å². The van der Waals surface area contributed by atoms with Crippen molar-refractivity contribution in [2.75, 3.05) is 19.3 Å². The average molecular weight is 418 g/mol. The van der Waals surface area contributed by atoms with Crippen molar-refractivity contribution in [3.63, 3.8) is 0 Å². The predicted octanol–water partition coefficient (Wildman–Crippen LogP) is 4.59. The summed E-state index contributed by atoms with van der Waals surface area (Å²) in [6.45, 7) is -0.0629. The van der Waals surface area contributed by atoms with Gasteiger partial charge < -0.3 is 15.6 Å². The third-order valence-electron chi connectivity index (χ3n) is 5.17. The van der Waals surface area contributed by atoms with Crippen LogP contribution in [0.15, 0.2) is 42.6 Å². The van der Waals surface area contributed by atoms with Crippen LogP contribution in [0.5, 0.6) is 0 Å². The van der Waals surface area contributed by atoms with E-state index in [2.05, 4.69) is 9.97 Å². The summed E-state index contributed by atoms with van der Waals surface area (Å²) in [6.07, 6.45) is -4.00. The van der Waals surface area contributed by atoms with Gasteiger partial charge in [-0.15, -0.1) is 0 Å². The lowest BCUT2D eigenvalue weighted by atomic mass is 9.88. The molecule has 0 saturated heterocycles. The Labute approximate surface area is 169 Å². The van der Waals surface area contributed by atoms with Crippen LogP contribution in [-0.2, 0) is 0 Å². The number of pyridine rings is 1. The molecule has 0 bridgehead atoms. The average Bonchev–Trinajstić information content (AvgIpc) is 3.06. The van der Waals surface area contributed by atoms with Crippen LogP contribution < -0.4 is 5.73 Å². The van der Waals surface area contributed by atoms with Crippen molar-refractivity contribution in [2.24, 2.45) is 0 Å². The summed E-state index contributed by atoms with van der Waals surface area (Å²) < 4.78 is 53.2. The Morgan fingerprint density at radius 2 is 1.87 bits per heavy atom. The van der Waals surface area contributed by atoms with Crippen LogP contribution in [0.2, 0.25) is 0 Å². The number of halogens is 4. The second-order valence-corrected chi connectivity index (χ2v) is 7.34. The Balaban J connectivity index is 1.99. The molecule has 30 heavy (non-hydrogen) atoms. The van der Waals surface area contributed by atoms with Crippen LogP contribution in [0.4, 0.5) is 23.4 Å². The molecular formula is C21H18F4N4O. The maximum Gasteiger partial charge on any atom is 0.389 e. The van der Waals surface area contributed by atoms with Gasteiger partial charge in [-0.1, -0.05) is 12.1 Å². The smallest absolute Gasteiger partial charge is 0.384 e. The van der Waals surface area contributed by atoms with Gasteiger partial charge in [0.2, 0.25) is 0 Å². The largest absolute Gasteiger partial charge is 0.389 e. The van der Waals surface area contributed by atoms with Gasteiger partial charge in [0.1, 0.15) is 11.6 Å². The summed E-state index contributed by atoms with van der Waals surface area (Å²) in [7, 11) is 1.47. The lowest BCUT2D eigenvalue weighted by Gasteiger charge is -2.30. The molecular weight excluding hydrogens is 400 g/mol. The number of aromatic amines is 1. The van der Waals surface area contributed by atoms with Crippen LogP contribution in [0.3, 0.4) is 0 Å². The Morgan fingerprint density at radius 3 is 2.50 bits per heavy atom. The normalized spacial score (nSPS) is 16.6. The number of hydrogen-bond donors (Lipinski definition) is 2. The number of carbonyl (C=O) groups is 1. The van der Waals surface area contributed by atoms with Crippen molar-refractivity contribution in [2.45, 2.75) is 18.5 Å². The Bertz CT molecular complexity index is 1110. The standard InChI is InChI=1S/C21H18F4N4O/c1-29-10-13(9-21(23,24)25)19-17(20(29)30)16(11-2-4-14(22)5-3-11)18(28-19)12-6-7-27-15(26)8-12/h2-8,13,28H,9-10H2,1H3,(H2,26,27). The first-order chi connectivity index (χ1) is 14.1. The monoisotopic (exact) mass is 418 g/mol. The van der Waals surface area contributed by atoms with Crippen molar-refractivity contribution >= 4 is 11.7 Å². The fourth-order valence-corrected chi connectivity index (χ4v) is 3.91. The Kier molecular flexibility index (Phi) is 4.76. The molecule has 4 rings (SSSR count). The van der Waals surface area contributed by atoms with Crippen LogP contribution in [0, 0.1) is 5.82 Å². The highest BCUT2D eigenvalue weighted by molar-refractivity contribution is 6.07. The first-order valence-electron chi connectivity index (χ1n) is 9.20. The zero-order valence-corrected chi connectivity index (χ0v) is 15.9. The molecule has 2 aromatic heterocycles. The maximum atomic E-state index is 13.5. The summed E-state index contributed by atoms with van der Waals surface area (Å²) in [5.41, 5.74) is 8.10. The summed E-state index contributed by atoms with van der Waals surface area (Å²) >= 11 is 0. The lowest BCUT2D eigenvalue weighted by molar-refractivity contribution is -0.139. The third kappa shape index (κ3) is 3.62. The number of nitrogen functional groups attached to an aromatic ring is 1. The molecule has 5 nitrogen and oxygen atoms in total. The summed E-state index contributed by atoms with van der Waals surface area (Å²) in [4.78, 5) is 21.3.